The molecule has 1 N–H and O–H groups in total. The van der Waals surface area contributed by atoms with Crippen LogP contribution in [0.4, 0.5) is 4.39 Å². The van der Waals surface area contributed by atoms with E-state index in [9.17, 15) is 9.50 Å². The van der Waals surface area contributed by atoms with Gasteiger partial charge in [-0.05, 0) is 64.8 Å². The number of aliphatic hydroxyl groups is 1. The first-order valence-corrected chi connectivity index (χ1v) is 7.24. The molecule has 1 saturated carbocycles. The van der Waals surface area contributed by atoms with E-state index in [1.54, 1.807) is 7.11 Å². The summed E-state index contributed by atoms with van der Waals surface area (Å²) in [5.41, 5.74) is 5.31. The number of aliphatic hydroxyl groups excluding tert-OH is 1. The van der Waals surface area contributed by atoms with Crippen LogP contribution in [0.2, 0.25) is 0 Å². The molecule has 2 nitrogen and oxygen atoms in total. The van der Waals surface area contributed by atoms with Crippen molar-refractivity contribution in [2.45, 2.75) is 32.0 Å². The summed E-state index contributed by atoms with van der Waals surface area (Å²) in [6.45, 7) is 0.483. The van der Waals surface area contributed by atoms with Crippen molar-refractivity contribution in [1.82, 2.24) is 0 Å². The highest BCUT2D eigenvalue weighted by Crippen LogP contribution is 2.45. The summed E-state index contributed by atoms with van der Waals surface area (Å²) < 4.78 is 18.4. The SMILES string of the molecule is COCc1cc(-c2ccc(F)cc2)c(C2CC2)cc1CO. The Morgan fingerprint density at radius 1 is 1.14 bits per heavy atom. The van der Waals surface area contributed by atoms with Crippen LogP contribution < -0.4 is 0 Å². The molecule has 0 amide bonds. The normalized spacial score (nSPS) is 14.4. The number of hydrogen-bond donors (Lipinski definition) is 1. The quantitative estimate of drug-likeness (QED) is 0.900. The first-order valence-electron chi connectivity index (χ1n) is 7.24. The van der Waals surface area contributed by atoms with Crippen LogP contribution in [0.3, 0.4) is 0 Å². The lowest BCUT2D eigenvalue weighted by molar-refractivity contribution is 0.181. The van der Waals surface area contributed by atoms with Crippen LogP contribution in [0.25, 0.3) is 11.1 Å². The molecule has 0 atom stereocenters. The minimum atomic E-state index is -0.226. The minimum absolute atomic E-state index is 0.0160. The maximum Gasteiger partial charge on any atom is 0.123 e. The summed E-state index contributed by atoms with van der Waals surface area (Å²) in [5.74, 6) is 0.336. The van der Waals surface area contributed by atoms with Gasteiger partial charge in [-0.1, -0.05) is 18.2 Å². The molecule has 1 aliphatic carbocycles. The van der Waals surface area contributed by atoms with Crippen molar-refractivity contribution in [3.63, 3.8) is 0 Å². The van der Waals surface area contributed by atoms with Gasteiger partial charge in [0, 0.05) is 7.11 Å². The summed E-state index contributed by atoms with van der Waals surface area (Å²) in [6, 6.07) is 10.8. The van der Waals surface area contributed by atoms with Gasteiger partial charge >= 0.3 is 0 Å². The lowest BCUT2D eigenvalue weighted by Crippen LogP contribution is -2.00. The van der Waals surface area contributed by atoms with Crippen LogP contribution >= 0.6 is 0 Å². The fourth-order valence-electron chi connectivity index (χ4n) is 2.76. The topological polar surface area (TPSA) is 29.5 Å². The molecule has 2 aromatic rings. The number of hydrogen-bond acceptors (Lipinski definition) is 2. The molecule has 110 valence electrons. The lowest BCUT2D eigenvalue weighted by atomic mass is 9.91. The molecule has 0 unspecified atom stereocenters. The zero-order valence-electron chi connectivity index (χ0n) is 12.1. The van der Waals surface area contributed by atoms with Gasteiger partial charge in [0.1, 0.15) is 5.82 Å². The zero-order chi connectivity index (χ0) is 14.8. The second kappa shape index (κ2) is 5.96. The Labute approximate surface area is 124 Å². The van der Waals surface area contributed by atoms with Crippen molar-refractivity contribution in [3.05, 3.63) is 58.9 Å². The first kappa shape index (κ1) is 14.2. The van der Waals surface area contributed by atoms with Crippen LogP contribution in [-0.4, -0.2) is 12.2 Å². The number of halogens is 1. The van der Waals surface area contributed by atoms with Gasteiger partial charge in [-0.25, -0.2) is 4.39 Å². The smallest absolute Gasteiger partial charge is 0.123 e. The molecule has 0 bridgehead atoms. The summed E-state index contributed by atoms with van der Waals surface area (Å²) in [4.78, 5) is 0. The van der Waals surface area contributed by atoms with E-state index < -0.39 is 0 Å². The molecule has 3 heteroatoms. The molecule has 3 rings (SSSR count). The summed E-state index contributed by atoms with van der Waals surface area (Å²) in [5, 5.41) is 9.56. The molecule has 0 heterocycles. The third-order valence-corrected chi connectivity index (χ3v) is 4.01. The zero-order valence-corrected chi connectivity index (χ0v) is 12.1. The Balaban J connectivity index is 2.11. The number of rotatable bonds is 5. The molecular weight excluding hydrogens is 267 g/mol. The second-order valence-corrected chi connectivity index (χ2v) is 5.58. The summed E-state index contributed by atoms with van der Waals surface area (Å²) in [6.07, 6.45) is 2.37. The van der Waals surface area contributed by atoms with Gasteiger partial charge in [0.2, 0.25) is 0 Å². The van der Waals surface area contributed by atoms with E-state index in [1.165, 1.54) is 30.5 Å². The number of ether oxygens (including phenoxy) is 1. The molecule has 0 radical (unpaired) electrons. The average molecular weight is 286 g/mol. The van der Waals surface area contributed by atoms with Gasteiger partial charge < -0.3 is 9.84 Å². The monoisotopic (exact) mass is 286 g/mol. The molecule has 1 aliphatic rings. The highest BCUT2D eigenvalue weighted by atomic mass is 19.1. The van der Waals surface area contributed by atoms with Gasteiger partial charge in [0.05, 0.1) is 13.2 Å². The van der Waals surface area contributed by atoms with Gasteiger partial charge in [-0.3, -0.25) is 0 Å². The van der Waals surface area contributed by atoms with Crippen molar-refractivity contribution in [3.8, 4) is 11.1 Å². The van der Waals surface area contributed by atoms with E-state index in [4.69, 9.17) is 4.74 Å². The van der Waals surface area contributed by atoms with Gasteiger partial charge in [0.25, 0.3) is 0 Å². The number of benzene rings is 2. The largest absolute Gasteiger partial charge is 0.392 e. The summed E-state index contributed by atoms with van der Waals surface area (Å²) in [7, 11) is 1.65. The van der Waals surface area contributed by atoms with Gasteiger partial charge in [-0.2, -0.15) is 0 Å². The van der Waals surface area contributed by atoms with Crippen LogP contribution in [0, 0.1) is 5.82 Å². The molecule has 0 aromatic heterocycles. The van der Waals surface area contributed by atoms with Crippen molar-refractivity contribution in [1.29, 1.82) is 0 Å². The van der Waals surface area contributed by atoms with E-state index in [0.29, 0.717) is 12.5 Å². The Bertz CT molecular complexity index is 630. The van der Waals surface area contributed by atoms with Crippen LogP contribution in [0.1, 0.15) is 35.4 Å². The van der Waals surface area contributed by atoms with E-state index in [0.717, 1.165) is 22.3 Å². The maximum absolute atomic E-state index is 13.1. The highest BCUT2D eigenvalue weighted by molar-refractivity contribution is 5.70. The van der Waals surface area contributed by atoms with E-state index in [-0.39, 0.29) is 12.4 Å². The Hall–Kier alpha value is -1.71. The third kappa shape index (κ3) is 2.99. The summed E-state index contributed by atoms with van der Waals surface area (Å²) >= 11 is 0. The minimum Gasteiger partial charge on any atom is -0.392 e. The van der Waals surface area contributed by atoms with Crippen molar-refractivity contribution >= 4 is 0 Å². The molecule has 21 heavy (non-hydrogen) atoms. The standard InChI is InChI=1S/C18H19FO2/c1-21-11-15-9-18(13-4-6-16(19)7-5-13)17(12-2-3-12)8-14(15)10-20/h4-9,12,20H,2-3,10-11H2,1H3. The third-order valence-electron chi connectivity index (χ3n) is 4.01. The fourth-order valence-corrected chi connectivity index (χ4v) is 2.76. The van der Waals surface area contributed by atoms with E-state index in [1.807, 2.05) is 12.1 Å². The average Bonchev–Trinajstić information content (AvgIpc) is 3.33. The van der Waals surface area contributed by atoms with Crippen LogP contribution in [0.15, 0.2) is 36.4 Å². The van der Waals surface area contributed by atoms with Gasteiger partial charge in [-0.15, -0.1) is 0 Å². The molecule has 2 aromatic carbocycles. The highest BCUT2D eigenvalue weighted by Gasteiger charge is 2.27. The Morgan fingerprint density at radius 2 is 1.86 bits per heavy atom. The fraction of sp³-hybridized carbons (Fsp3) is 0.333. The first-order chi connectivity index (χ1) is 10.2. The van der Waals surface area contributed by atoms with E-state index >= 15 is 0 Å². The predicted molar refractivity (Wildman–Crippen MR) is 80.4 cm³/mol. The molecule has 0 saturated heterocycles. The molecule has 0 spiro atoms. The Kier molecular flexibility index (Phi) is 4.04. The van der Waals surface area contributed by atoms with Crippen molar-refractivity contribution in [2.24, 2.45) is 0 Å². The van der Waals surface area contributed by atoms with E-state index in [2.05, 4.69) is 12.1 Å². The van der Waals surface area contributed by atoms with Crippen LogP contribution in [0.5, 0.6) is 0 Å². The Morgan fingerprint density at radius 3 is 2.43 bits per heavy atom. The second-order valence-electron chi connectivity index (χ2n) is 5.58. The molecule has 1 fully saturated rings. The predicted octanol–water partition coefficient (Wildman–Crippen LogP) is 4.01. The van der Waals surface area contributed by atoms with Crippen LogP contribution in [-0.2, 0) is 18.0 Å². The number of methoxy groups -OCH3 is 1. The van der Waals surface area contributed by atoms with Crippen molar-refractivity contribution in [2.75, 3.05) is 7.11 Å². The lowest BCUT2D eigenvalue weighted by Gasteiger charge is -2.15. The van der Waals surface area contributed by atoms with Gasteiger partial charge in [0.15, 0.2) is 0 Å². The maximum atomic E-state index is 13.1. The molecule has 0 aliphatic heterocycles. The molecular formula is C18H19FO2. The van der Waals surface area contributed by atoms with Crippen molar-refractivity contribution < 1.29 is 14.2 Å².